The highest BCUT2D eigenvalue weighted by atomic mass is 19.3. The van der Waals surface area contributed by atoms with Gasteiger partial charge in [0.05, 0.1) is 12.8 Å². The van der Waals surface area contributed by atoms with Crippen LogP contribution in [0.3, 0.4) is 0 Å². The third-order valence-corrected chi connectivity index (χ3v) is 2.57. The maximum absolute atomic E-state index is 13.4. The van der Waals surface area contributed by atoms with Gasteiger partial charge in [0, 0.05) is 11.8 Å². The van der Waals surface area contributed by atoms with Crippen LogP contribution in [-0.4, -0.2) is 6.61 Å². The SMILES string of the molecule is Cc1ccoc1CNc1ccc(OC(F)F)c(F)c1. The van der Waals surface area contributed by atoms with E-state index < -0.39 is 18.2 Å². The molecule has 0 amide bonds. The zero-order chi connectivity index (χ0) is 13.8. The molecule has 102 valence electrons. The summed E-state index contributed by atoms with van der Waals surface area (Å²) in [5.74, 6) is -0.593. The molecule has 0 spiro atoms. The van der Waals surface area contributed by atoms with E-state index in [0.717, 1.165) is 23.5 Å². The van der Waals surface area contributed by atoms with Crippen molar-refractivity contribution < 1.29 is 22.3 Å². The van der Waals surface area contributed by atoms with Crippen molar-refractivity contribution in [1.82, 2.24) is 0 Å². The molecule has 0 atom stereocenters. The number of aryl methyl sites for hydroxylation is 1. The number of benzene rings is 1. The second-order valence-corrected chi connectivity index (χ2v) is 3.90. The zero-order valence-electron chi connectivity index (χ0n) is 10.1. The van der Waals surface area contributed by atoms with Crippen molar-refractivity contribution in [2.24, 2.45) is 0 Å². The van der Waals surface area contributed by atoms with Crippen LogP contribution in [0.15, 0.2) is 34.9 Å². The van der Waals surface area contributed by atoms with E-state index in [4.69, 9.17) is 4.42 Å². The van der Waals surface area contributed by atoms with Gasteiger partial charge in [-0.25, -0.2) is 4.39 Å². The Hall–Kier alpha value is -2.11. The normalized spacial score (nSPS) is 10.8. The number of alkyl halides is 2. The van der Waals surface area contributed by atoms with Crippen molar-refractivity contribution in [2.45, 2.75) is 20.1 Å². The number of halogens is 3. The predicted molar refractivity (Wildman–Crippen MR) is 63.8 cm³/mol. The number of anilines is 1. The average molecular weight is 271 g/mol. The van der Waals surface area contributed by atoms with Gasteiger partial charge in [-0.1, -0.05) is 0 Å². The van der Waals surface area contributed by atoms with E-state index >= 15 is 0 Å². The molecule has 0 aliphatic rings. The van der Waals surface area contributed by atoms with E-state index in [2.05, 4.69) is 10.1 Å². The highest BCUT2D eigenvalue weighted by Gasteiger charge is 2.10. The average Bonchev–Trinajstić information content (AvgIpc) is 2.75. The van der Waals surface area contributed by atoms with Crippen LogP contribution in [0.5, 0.6) is 5.75 Å². The van der Waals surface area contributed by atoms with Gasteiger partial charge in [0.15, 0.2) is 11.6 Å². The lowest BCUT2D eigenvalue weighted by Crippen LogP contribution is -2.05. The van der Waals surface area contributed by atoms with E-state index in [9.17, 15) is 13.2 Å². The third-order valence-electron chi connectivity index (χ3n) is 2.57. The van der Waals surface area contributed by atoms with Gasteiger partial charge in [-0.3, -0.25) is 0 Å². The van der Waals surface area contributed by atoms with Gasteiger partial charge in [-0.05, 0) is 30.7 Å². The fraction of sp³-hybridized carbons (Fsp3) is 0.231. The molecule has 1 aromatic heterocycles. The van der Waals surface area contributed by atoms with Crippen LogP contribution in [-0.2, 0) is 6.54 Å². The van der Waals surface area contributed by atoms with Crippen LogP contribution < -0.4 is 10.1 Å². The Balaban J connectivity index is 2.02. The highest BCUT2D eigenvalue weighted by molar-refractivity contribution is 5.47. The molecule has 6 heteroatoms. The molecule has 0 saturated carbocycles. The minimum atomic E-state index is -3.04. The Labute approximate surface area is 108 Å². The van der Waals surface area contributed by atoms with Gasteiger partial charge in [0.2, 0.25) is 0 Å². The molecule has 1 N–H and O–H groups in total. The summed E-state index contributed by atoms with van der Waals surface area (Å²) in [6.45, 7) is -0.771. The molecule has 1 heterocycles. The number of hydrogen-bond donors (Lipinski definition) is 1. The Morgan fingerprint density at radius 1 is 1.32 bits per heavy atom. The standard InChI is InChI=1S/C13H12F3NO2/c1-8-4-5-18-12(8)7-17-9-2-3-11(10(14)6-9)19-13(15)16/h2-6,13,17H,7H2,1H3. The van der Waals surface area contributed by atoms with Crippen LogP contribution in [0, 0.1) is 12.7 Å². The largest absolute Gasteiger partial charge is 0.467 e. The maximum atomic E-state index is 13.4. The number of ether oxygens (including phenoxy) is 1. The topological polar surface area (TPSA) is 34.4 Å². The fourth-order valence-electron chi connectivity index (χ4n) is 1.57. The minimum Gasteiger partial charge on any atom is -0.467 e. The van der Waals surface area contributed by atoms with Crippen LogP contribution in [0.1, 0.15) is 11.3 Å². The summed E-state index contributed by atoms with van der Waals surface area (Å²) in [5, 5.41) is 2.93. The van der Waals surface area contributed by atoms with Crippen LogP contribution >= 0.6 is 0 Å². The molecule has 2 rings (SSSR count). The quantitative estimate of drug-likeness (QED) is 0.894. The van der Waals surface area contributed by atoms with Gasteiger partial charge in [-0.15, -0.1) is 0 Å². The summed E-state index contributed by atoms with van der Waals surface area (Å²) in [4.78, 5) is 0. The van der Waals surface area contributed by atoms with Crippen LogP contribution in [0.4, 0.5) is 18.9 Å². The Kier molecular flexibility index (Phi) is 3.99. The van der Waals surface area contributed by atoms with E-state index in [0.29, 0.717) is 12.2 Å². The monoisotopic (exact) mass is 271 g/mol. The first kappa shape index (κ1) is 13.3. The molecule has 0 aliphatic carbocycles. The van der Waals surface area contributed by atoms with E-state index in [-0.39, 0.29) is 0 Å². The number of furan rings is 1. The van der Waals surface area contributed by atoms with E-state index in [1.807, 2.05) is 13.0 Å². The summed E-state index contributed by atoms with van der Waals surface area (Å²) < 4.78 is 46.6. The summed E-state index contributed by atoms with van der Waals surface area (Å²) in [6, 6.07) is 5.52. The smallest absolute Gasteiger partial charge is 0.387 e. The van der Waals surface area contributed by atoms with Gasteiger partial charge in [0.1, 0.15) is 5.76 Å². The summed E-state index contributed by atoms with van der Waals surface area (Å²) in [5.41, 5.74) is 1.43. The molecule has 0 aliphatic heterocycles. The molecule has 0 fully saturated rings. The van der Waals surface area contributed by atoms with Gasteiger partial charge in [0.25, 0.3) is 0 Å². The molecule has 0 unspecified atom stereocenters. The summed E-state index contributed by atoms with van der Waals surface area (Å²) >= 11 is 0. The third kappa shape index (κ3) is 3.43. The van der Waals surface area contributed by atoms with E-state index in [1.54, 1.807) is 6.26 Å². The molecule has 0 bridgehead atoms. The lowest BCUT2D eigenvalue weighted by molar-refractivity contribution is -0.0521. The van der Waals surface area contributed by atoms with Crippen LogP contribution in [0.2, 0.25) is 0 Å². The van der Waals surface area contributed by atoms with Crippen LogP contribution in [0.25, 0.3) is 0 Å². The fourth-order valence-corrected chi connectivity index (χ4v) is 1.57. The van der Waals surface area contributed by atoms with Gasteiger partial charge >= 0.3 is 6.61 Å². The molecule has 0 radical (unpaired) electrons. The first-order valence-electron chi connectivity index (χ1n) is 5.57. The number of nitrogens with one attached hydrogen (secondary N) is 1. The highest BCUT2D eigenvalue weighted by Crippen LogP contribution is 2.23. The molecular weight excluding hydrogens is 259 g/mol. The van der Waals surface area contributed by atoms with Gasteiger partial charge < -0.3 is 14.5 Å². The number of rotatable bonds is 5. The lowest BCUT2D eigenvalue weighted by Gasteiger charge is -2.09. The first-order valence-corrected chi connectivity index (χ1v) is 5.57. The minimum absolute atomic E-state index is 0.382. The van der Waals surface area contributed by atoms with Crippen molar-refractivity contribution in [3.8, 4) is 5.75 Å². The molecule has 0 saturated heterocycles. The molecular formula is C13H12F3NO2. The van der Waals surface area contributed by atoms with Crippen molar-refractivity contribution in [3.05, 3.63) is 47.7 Å². The molecule has 3 nitrogen and oxygen atoms in total. The Bertz CT molecular complexity index is 555. The van der Waals surface area contributed by atoms with Crippen molar-refractivity contribution in [3.63, 3.8) is 0 Å². The number of hydrogen-bond acceptors (Lipinski definition) is 3. The van der Waals surface area contributed by atoms with E-state index in [1.165, 1.54) is 6.07 Å². The molecule has 2 aromatic rings. The van der Waals surface area contributed by atoms with Crippen molar-refractivity contribution in [1.29, 1.82) is 0 Å². The maximum Gasteiger partial charge on any atom is 0.387 e. The molecule has 1 aromatic carbocycles. The summed E-state index contributed by atoms with van der Waals surface area (Å²) in [6.07, 6.45) is 1.56. The lowest BCUT2D eigenvalue weighted by atomic mass is 10.2. The van der Waals surface area contributed by atoms with Crippen molar-refractivity contribution in [2.75, 3.05) is 5.32 Å². The zero-order valence-corrected chi connectivity index (χ0v) is 10.1. The summed E-state index contributed by atoms with van der Waals surface area (Å²) in [7, 11) is 0. The second kappa shape index (κ2) is 5.69. The predicted octanol–water partition coefficient (Wildman–Crippen LogP) is 3.94. The Morgan fingerprint density at radius 3 is 2.68 bits per heavy atom. The first-order chi connectivity index (χ1) is 9.06. The second-order valence-electron chi connectivity index (χ2n) is 3.90. The Morgan fingerprint density at radius 2 is 2.11 bits per heavy atom. The van der Waals surface area contributed by atoms with Gasteiger partial charge in [-0.2, -0.15) is 8.78 Å². The van der Waals surface area contributed by atoms with Crippen molar-refractivity contribution >= 4 is 5.69 Å². The molecule has 19 heavy (non-hydrogen) atoms.